The Hall–Kier alpha value is -2.37. The monoisotopic (exact) mass is 441 g/mol. The number of unbranched alkanes of at least 4 members (excludes halogenated alkanes) is 4. The maximum absolute atomic E-state index is 12.9. The van der Waals surface area contributed by atoms with Crippen LogP contribution in [-0.4, -0.2) is 47.3 Å². The summed E-state index contributed by atoms with van der Waals surface area (Å²) in [6.07, 6.45) is 11.2. The summed E-state index contributed by atoms with van der Waals surface area (Å²) in [6.45, 7) is 2.88. The topological polar surface area (TPSA) is 78.5 Å². The molecule has 6 heteroatoms. The van der Waals surface area contributed by atoms with Crippen LogP contribution in [-0.2, 0) is 9.59 Å². The van der Waals surface area contributed by atoms with Gasteiger partial charge in [-0.2, -0.15) is 0 Å². The highest BCUT2D eigenvalue weighted by Crippen LogP contribution is 2.23. The Kier molecular flexibility index (Phi) is 9.57. The van der Waals surface area contributed by atoms with Crippen molar-refractivity contribution in [2.24, 2.45) is 0 Å². The first kappa shape index (κ1) is 24.3. The first-order valence-corrected chi connectivity index (χ1v) is 12.5. The average molecular weight is 442 g/mol. The van der Waals surface area contributed by atoms with E-state index in [9.17, 15) is 14.4 Å². The van der Waals surface area contributed by atoms with Gasteiger partial charge in [0.15, 0.2) is 0 Å². The number of hydrogen-bond acceptors (Lipinski definition) is 3. The number of hydrogen-bond donors (Lipinski definition) is 2. The Balaban J connectivity index is 1.39. The molecule has 2 fully saturated rings. The molecule has 1 saturated carbocycles. The Morgan fingerprint density at radius 1 is 0.875 bits per heavy atom. The second kappa shape index (κ2) is 12.6. The van der Waals surface area contributed by atoms with E-state index in [1.54, 1.807) is 4.90 Å². The summed E-state index contributed by atoms with van der Waals surface area (Å²) in [6, 6.07) is 9.23. The molecule has 3 amide bonds. The Morgan fingerprint density at radius 3 is 2.22 bits per heavy atom. The van der Waals surface area contributed by atoms with Gasteiger partial charge in [-0.15, -0.1) is 0 Å². The van der Waals surface area contributed by atoms with Gasteiger partial charge < -0.3 is 15.5 Å². The molecule has 0 bridgehead atoms. The van der Waals surface area contributed by atoms with Crippen molar-refractivity contribution in [1.29, 1.82) is 0 Å². The van der Waals surface area contributed by atoms with Crippen molar-refractivity contribution in [3.63, 3.8) is 0 Å². The van der Waals surface area contributed by atoms with Crippen LogP contribution >= 0.6 is 0 Å². The van der Waals surface area contributed by atoms with Crippen molar-refractivity contribution in [2.75, 3.05) is 6.54 Å². The quantitative estimate of drug-likeness (QED) is 0.534. The largest absolute Gasteiger partial charge is 0.352 e. The third-order valence-electron chi connectivity index (χ3n) is 6.81. The molecule has 2 N–H and O–H groups in total. The molecule has 0 spiro atoms. The fourth-order valence-electron chi connectivity index (χ4n) is 4.90. The van der Waals surface area contributed by atoms with Crippen molar-refractivity contribution in [2.45, 2.75) is 102 Å². The number of nitrogens with zero attached hydrogens (tertiary/aromatic N) is 1. The second-order valence-corrected chi connectivity index (χ2v) is 9.31. The average Bonchev–Trinajstić information content (AvgIpc) is 3.31. The fourth-order valence-corrected chi connectivity index (χ4v) is 4.90. The lowest BCUT2D eigenvalue weighted by Gasteiger charge is -2.31. The van der Waals surface area contributed by atoms with Crippen LogP contribution in [0.4, 0.5) is 0 Å². The number of nitrogens with one attached hydrogen (secondary N) is 2. The molecular weight excluding hydrogens is 402 g/mol. The van der Waals surface area contributed by atoms with E-state index >= 15 is 0 Å². The fraction of sp³-hybridized carbons (Fsp3) is 0.654. The van der Waals surface area contributed by atoms with E-state index in [4.69, 9.17) is 0 Å². The number of carbonyl (C=O) groups excluding carboxylic acids is 3. The van der Waals surface area contributed by atoms with Crippen LogP contribution in [0.2, 0.25) is 0 Å². The summed E-state index contributed by atoms with van der Waals surface area (Å²) in [4.78, 5) is 39.7. The van der Waals surface area contributed by atoms with Crippen molar-refractivity contribution >= 4 is 17.7 Å². The highest BCUT2D eigenvalue weighted by Gasteiger charge is 2.35. The summed E-state index contributed by atoms with van der Waals surface area (Å²) >= 11 is 0. The smallest absolute Gasteiger partial charge is 0.251 e. The van der Waals surface area contributed by atoms with E-state index in [1.807, 2.05) is 30.3 Å². The van der Waals surface area contributed by atoms with Crippen molar-refractivity contribution in [3.8, 4) is 0 Å². The molecule has 1 aromatic rings. The van der Waals surface area contributed by atoms with Crippen molar-refractivity contribution in [3.05, 3.63) is 35.9 Å². The van der Waals surface area contributed by atoms with Crippen LogP contribution in [0.3, 0.4) is 0 Å². The van der Waals surface area contributed by atoms with Crippen LogP contribution < -0.4 is 10.6 Å². The molecular formula is C26H39N3O3. The second-order valence-electron chi connectivity index (χ2n) is 9.31. The van der Waals surface area contributed by atoms with E-state index in [0.717, 1.165) is 51.4 Å². The molecule has 1 saturated heterocycles. The highest BCUT2D eigenvalue weighted by atomic mass is 16.2. The molecule has 1 aromatic carbocycles. The van der Waals surface area contributed by atoms with Crippen LogP contribution in [0, 0.1) is 0 Å². The lowest BCUT2D eigenvalue weighted by molar-refractivity contribution is -0.138. The number of likely N-dealkylation sites (tertiary alicyclic amines) is 1. The van der Waals surface area contributed by atoms with Crippen molar-refractivity contribution < 1.29 is 14.4 Å². The maximum atomic E-state index is 12.9. The van der Waals surface area contributed by atoms with Crippen LogP contribution in [0.5, 0.6) is 0 Å². The lowest BCUT2D eigenvalue weighted by Crippen LogP contribution is -2.50. The Labute approximate surface area is 192 Å². The van der Waals surface area contributed by atoms with E-state index in [1.165, 1.54) is 19.3 Å². The van der Waals surface area contributed by atoms with Crippen molar-refractivity contribution in [1.82, 2.24) is 15.5 Å². The zero-order chi connectivity index (χ0) is 22.8. The van der Waals surface area contributed by atoms with Crippen LogP contribution in [0.15, 0.2) is 30.3 Å². The number of amides is 3. The van der Waals surface area contributed by atoms with Gasteiger partial charge in [0.1, 0.15) is 6.04 Å². The molecule has 32 heavy (non-hydrogen) atoms. The number of benzene rings is 1. The summed E-state index contributed by atoms with van der Waals surface area (Å²) in [5.74, 6) is 0.0953. The molecule has 1 aliphatic heterocycles. The molecule has 176 valence electrons. The van der Waals surface area contributed by atoms with E-state index in [2.05, 4.69) is 17.6 Å². The molecule has 3 rings (SSSR count). The predicted octanol–water partition coefficient (Wildman–Crippen LogP) is 4.20. The predicted molar refractivity (Wildman–Crippen MR) is 126 cm³/mol. The van der Waals surface area contributed by atoms with Gasteiger partial charge in [-0.05, 0) is 57.1 Å². The van der Waals surface area contributed by atoms with Gasteiger partial charge in [0.25, 0.3) is 5.91 Å². The van der Waals surface area contributed by atoms with Gasteiger partial charge in [-0.3, -0.25) is 14.4 Å². The summed E-state index contributed by atoms with van der Waals surface area (Å²) in [5, 5.41) is 6.30. The normalized spacial score (nSPS) is 23.0. The molecule has 0 unspecified atom stereocenters. The molecule has 1 atom stereocenters. The van der Waals surface area contributed by atoms with Crippen LogP contribution in [0.1, 0.15) is 94.3 Å². The van der Waals surface area contributed by atoms with Gasteiger partial charge in [0, 0.05) is 30.6 Å². The van der Waals surface area contributed by atoms with E-state index in [-0.39, 0.29) is 35.8 Å². The molecule has 0 aromatic heterocycles. The maximum Gasteiger partial charge on any atom is 0.251 e. The zero-order valence-electron chi connectivity index (χ0n) is 19.5. The minimum Gasteiger partial charge on any atom is -0.352 e. The molecule has 1 aliphatic carbocycles. The van der Waals surface area contributed by atoms with Gasteiger partial charge >= 0.3 is 0 Å². The third kappa shape index (κ3) is 7.07. The molecule has 6 nitrogen and oxygen atoms in total. The van der Waals surface area contributed by atoms with Gasteiger partial charge in [-0.1, -0.05) is 50.8 Å². The third-order valence-corrected chi connectivity index (χ3v) is 6.81. The zero-order valence-corrected chi connectivity index (χ0v) is 19.5. The Bertz CT molecular complexity index is 744. The van der Waals surface area contributed by atoms with E-state index in [0.29, 0.717) is 18.5 Å². The molecule has 2 aliphatic rings. The SMILES string of the molecule is CCCCCCCC(=O)N1CCC[C@H]1C(=O)NC1CCC(NC(=O)c2ccccc2)CC1. The van der Waals surface area contributed by atoms with Gasteiger partial charge in [-0.25, -0.2) is 0 Å². The number of carbonyl (C=O) groups is 3. The molecule has 1 heterocycles. The summed E-state index contributed by atoms with van der Waals surface area (Å²) < 4.78 is 0. The van der Waals surface area contributed by atoms with E-state index < -0.39 is 0 Å². The minimum absolute atomic E-state index is 0.00129. The Morgan fingerprint density at radius 2 is 1.53 bits per heavy atom. The van der Waals surface area contributed by atoms with Gasteiger partial charge in [0.05, 0.1) is 0 Å². The minimum atomic E-state index is -0.311. The lowest BCUT2D eigenvalue weighted by atomic mass is 9.90. The molecule has 0 radical (unpaired) electrons. The highest BCUT2D eigenvalue weighted by molar-refractivity contribution is 5.94. The summed E-state index contributed by atoms with van der Waals surface area (Å²) in [7, 11) is 0. The first-order chi connectivity index (χ1) is 15.6. The standard InChI is InChI=1S/C26H39N3O3/c1-2-3-4-5-9-14-24(30)29-19-10-13-23(29)26(32)28-22-17-15-21(16-18-22)27-25(31)20-11-7-6-8-12-20/h6-8,11-12,21-23H,2-5,9-10,13-19H2,1H3,(H,27,31)(H,28,32)/t21?,22?,23-/m0/s1. The van der Waals surface area contributed by atoms with Crippen LogP contribution in [0.25, 0.3) is 0 Å². The first-order valence-electron chi connectivity index (χ1n) is 12.5. The van der Waals surface area contributed by atoms with Gasteiger partial charge in [0.2, 0.25) is 11.8 Å². The number of rotatable bonds is 10. The summed E-state index contributed by atoms with van der Waals surface area (Å²) in [5.41, 5.74) is 0.680.